The summed E-state index contributed by atoms with van der Waals surface area (Å²) in [5.74, 6) is 0.572. The number of carbonyl (C=O) groups is 1. The van der Waals surface area contributed by atoms with Gasteiger partial charge in [0.05, 0.1) is 17.2 Å². The standard InChI is InChI=1S/C19H22N2O4S/c1-3-25-17-8-4-7-16(13-17)20-26(23,24)18-9-10-19-15(12-18)6-5-11-21(19)14(2)22/h4,7-10,12-13,20H,3,5-6,11H2,1-2H3. The molecule has 6 nitrogen and oxygen atoms in total. The fourth-order valence-electron chi connectivity index (χ4n) is 3.10. The number of aryl methyl sites for hydroxylation is 1. The molecule has 2 aromatic carbocycles. The summed E-state index contributed by atoms with van der Waals surface area (Å²) in [5, 5.41) is 0. The number of carbonyl (C=O) groups excluding carboxylic acids is 1. The highest BCUT2D eigenvalue weighted by molar-refractivity contribution is 7.92. The maximum absolute atomic E-state index is 12.7. The Labute approximate surface area is 153 Å². The molecule has 138 valence electrons. The molecule has 0 spiro atoms. The van der Waals surface area contributed by atoms with Gasteiger partial charge >= 0.3 is 0 Å². The number of hydrogen-bond acceptors (Lipinski definition) is 4. The van der Waals surface area contributed by atoms with E-state index in [2.05, 4.69) is 4.72 Å². The van der Waals surface area contributed by atoms with Crippen molar-refractivity contribution in [2.45, 2.75) is 31.6 Å². The van der Waals surface area contributed by atoms with Crippen molar-refractivity contribution in [3.05, 3.63) is 48.0 Å². The number of amides is 1. The lowest BCUT2D eigenvalue weighted by Gasteiger charge is -2.28. The Morgan fingerprint density at radius 2 is 2.04 bits per heavy atom. The quantitative estimate of drug-likeness (QED) is 0.872. The molecule has 1 amide bonds. The lowest BCUT2D eigenvalue weighted by Crippen LogP contribution is -2.33. The van der Waals surface area contributed by atoms with Crippen LogP contribution in [0.1, 0.15) is 25.8 Å². The van der Waals surface area contributed by atoms with Crippen LogP contribution in [0.25, 0.3) is 0 Å². The van der Waals surface area contributed by atoms with Gasteiger partial charge in [-0.3, -0.25) is 9.52 Å². The van der Waals surface area contributed by atoms with Gasteiger partial charge in [-0.25, -0.2) is 8.42 Å². The second kappa shape index (κ2) is 7.37. The van der Waals surface area contributed by atoms with Crippen LogP contribution in [0.3, 0.4) is 0 Å². The molecule has 0 aromatic heterocycles. The molecule has 0 unspecified atom stereocenters. The lowest BCUT2D eigenvalue weighted by molar-refractivity contribution is -0.116. The number of nitrogens with one attached hydrogen (secondary N) is 1. The van der Waals surface area contributed by atoms with E-state index < -0.39 is 10.0 Å². The number of rotatable bonds is 5. The highest BCUT2D eigenvalue weighted by Crippen LogP contribution is 2.30. The van der Waals surface area contributed by atoms with Crippen molar-refractivity contribution < 1.29 is 17.9 Å². The van der Waals surface area contributed by atoms with Crippen LogP contribution in [0, 0.1) is 0 Å². The summed E-state index contributed by atoms with van der Waals surface area (Å²) in [7, 11) is -3.73. The van der Waals surface area contributed by atoms with E-state index in [0.29, 0.717) is 24.6 Å². The zero-order chi connectivity index (χ0) is 18.7. The summed E-state index contributed by atoms with van der Waals surface area (Å²) in [6, 6.07) is 11.7. The summed E-state index contributed by atoms with van der Waals surface area (Å²) >= 11 is 0. The van der Waals surface area contributed by atoms with Gasteiger partial charge in [0.2, 0.25) is 5.91 Å². The third-order valence-electron chi connectivity index (χ3n) is 4.26. The van der Waals surface area contributed by atoms with E-state index in [1.54, 1.807) is 41.3 Å². The molecule has 2 aromatic rings. The SMILES string of the molecule is CCOc1cccc(NS(=O)(=O)c2ccc3c(c2)CCCN3C(C)=O)c1. The first-order chi connectivity index (χ1) is 12.4. The van der Waals surface area contributed by atoms with Gasteiger partial charge < -0.3 is 9.64 Å². The van der Waals surface area contributed by atoms with Crippen LogP contribution in [0.5, 0.6) is 5.75 Å². The van der Waals surface area contributed by atoms with E-state index in [-0.39, 0.29) is 10.8 Å². The molecule has 0 saturated heterocycles. The number of hydrogen-bond donors (Lipinski definition) is 1. The predicted molar refractivity (Wildman–Crippen MR) is 101 cm³/mol. The number of fused-ring (bicyclic) bond motifs is 1. The van der Waals surface area contributed by atoms with Gasteiger partial charge in [0, 0.05) is 25.2 Å². The predicted octanol–water partition coefficient (Wildman–Crippen LogP) is 3.19. The van der Waals surface area contributed by atoms with Crippen molar-refractivity contribution in [1.82, 2.24) is 0 Å². The Kier molecular flexibility index (Phi) is 5.18. The lowest BCUT2D eigenvalue weighted by atomic mass is 10.0. The van der Waals surface area contributed by atoms with Crippen molar-refractivity contribution in [2.24, 2.45) is 0 Å². The molecule has 0 aliphatic carbocycles. The topological polar surface area (TPSA) is 75.7 Å². The third kappa shape index (κ3) is 3.83. The second-order valence-corrected chi connectivity index (χ2v) is 7.81. The molecule has 0 fully saturated rings. The van der Waals surface area contributed by atoms with Crippen LogP contribution in [0.4, 0.5) is 11.4 Å². The minimum Gasteiger partial charge on any atom is -0.494 e. The Morgan fingerprint density at radius 3 is 2.77 bits per heavy atom. The first-order valence-electron chi connectivity index (χ1n) is 8.57. The minimum atomic E-state index is -3.73. The highest BCUT2D eigenvalue weighted by Gasteiger charge is 2.23. The van der Waals surface area contributed by atoms with Crippen molar-refractivity contribution in [3.63, 3.8) is 0 Å². The fourth-order valence-corrected chi connectivity index (χ4v) is 4.20. The van der Waals surface area contributed by atoms with E-state index in [4.69, 9.17) is 4.74 Å². The molecular weight excluding hydrogens is 352 g/mol. The van der Waals surface area contributed by atoms with Gasteiger partial charge in [0.25, 0.3) is 10.0 Å². The Morgan fingerprint density at radius 1 is 1.23 bits per heavy atom. The van der Waals surface area contributed by atoms with E-state index in [1.807, 2.05) is 6.92 Å². The molecule has 1 heterocycles. The molecule has 0 atom stereocenters. The maximum Gasteiger partial charge on any atom is 0.261 e. The number of benzene rings is 2. The number of nitrogens with zero attached hydrogens (tertiary/aromatic N) is 1. The van der Waals surface area contributed by atoms with Crippen LogP contribution in [-0.2, 0) is 21.2 Å². The summed E-state index contributed by atoms with van der Waals surface area (Å²) < 4.78 is 33.5. The maximum atomic E-state index is 12.7. The number of ether oxygens (including phenoxy) is 1. The van der Waals surface area contributed by atoms with Gasteiger partial charge in [0.1, 0.15) is 5.75 Å². The summed E-state index contributed by atoms with van der Waals surface area (Å²) in [6.45, 7) is 4.56. The normalized spacial score (nSPS) is 13.8. The monoisotopic (exact) mass is 374 g/mol. The highest BCUT2D eigenvalue weighted by atomic mass is 32.2. The molecule has 0 radical (unpaired) electrons. The second-order valence-electron chi connectivity index (χ2n) is 6.13. The molecule has 1 aliphatic heterocycles. The zero-order valence-corrected chi connectivity index (χ0v) is 15.7. The van der Waals surface area contributed by atoms with Gasteiger partial charge in [-0.2, -0.15) is 0 Å². The number of anilines is 2. The fraction of sp³-hybridized carbons (Fsp3) is 0.316. The first kappa shape index (κ1) is 18.3. The third-order valence-corrected chi connectivity index (χ3v) is 5.64. The summed E-state index contributed by atoms with van der Waals surface area (Å²) in [4.78, 5) is 13.6. The van der Waals surface area contributed by atoms with E-state index in [1.165, 1.54) is 13.0 Å². The van der Waals surface area contributed by atoms with E-state index >= 15 is 0 Å². The van der Waals surface area contributed by atoms with Crippen LogP contribution < -0.4 is 14.4 Å². The molecule has 1 N–H and O–H groups in total. The summed E-state index contributed by atoms with van der Waals surface area (Å²) in [5.41, 5.74) is 2.11. The average Bonchev–Trinajstić information content (AvgIpc) is 2.61. The Balaban J connectivity index is 1.88. The minimum absolute atomic E-state index is 0.0348. The van der Waals surface area contributed by atoms with Gasteiger partial charge in [0.15, 0.2) is 0 Å². The Hall–Kier alpha value is -2.54. The Bertz CT molecular complexity index is 925. The molecule has 3 rings (SSSR count). The molecule has 0 saturated carbocycles. The van der Waals surface area contributed by atoms with E-state index in [0.717, 1.165) is 24.1 Å². The smallest absolute Gasteiger partial charge is 0.261 e. The molecular formula is C19H22N2O4S. The van der Waals surface area contributed by atoms with Crippen LogP contribution >= 0.6 is 0 Å². The summed E-state index contributed by atoms with van der Waals surface area (Å²) in [6.07, 6.45) is 1.57. The zero-order valence-electron chi connectivity index (χ0n) is 14.9. The molecule has 7 heteroatoms. The van der Waals surface area contributed by atoms with Gasteiger partial charge in [-0.05, 0) is 55.7 Å². The van der Waals surface area contributed by atoms with Crippen LogP contribution in [-0.4, -0.2) is 27.5 Å². The number of sulfonamides is 1. The van der Waals surface area contributed by atoms with Crippen LogP contribution in [0.2, 0.25) is 0 Å². The molecule has 1 aliphatic rings. The van der Waals surface area contributed by atoms with Crippen molar-refractivity contribution >= 4 is 27.3 Å². The van der Waals surface area contributed by atoms with Gasteiger partial charge in [-0.1, -0.05) is 6.07 Å². The first-order valence-corrected chi connectivity index (χ1v) is 10.1. The van der Waals surface area contributed by atoms with Crippen molar-refractivity contribution in [3.8, 4) is 5.75 Å². The van der Waals surface area contributed by atoms with Gasteiger partial charge in [-0.15, -0.1) is 0 Å². The molecule has 0 bridgehead atoms. The van der Waals surface area contributed by atoms with Crippen LogP contribution in [0.15, 0.2) is 47.4 Å². The molecule has 26 heavy (non-hydrogen) atoms. The van der Waals surface area contributed by atoms with E-state index in [9.17, 15) is 13.2 Å². The van der Waals surface area contributed by atoms with Crippen molar-refractivity contribution in [1.29, 1.82) is 0 Å². The largest absolute Gasteiger partial charge is 0.494 e. The average molecular weight is 374 g/mol. The van der Waals surface area contributed by atoms with Crippen molar-refractivity contribution in [2.75, 3.05) is 22.8 Å².